The van der Waals surface area contributed by atoms with Crippen LogP contribution in [0.4, 0.5) is 8.78 Å². The molecular weight excluding hydrogens is 446 g/mol. The summed E-state index contributed by atoms with van der Waals surface area (Å²) in [5, 5.41) is 9.16. The molecule has 154 valence electrons. The number of carboxylic acid groups (broad SMARTS) is 1. The van der Waals surface area contributed by atoms with Crippen molar-refractivity contribution in [1.29, 1.82) is 0 Å². The second-order valence-electron chi connectivity index (χ2n) is 6.25. The number of allylic oxidation sites excluding steroid dienone is 5. The molecule has 0 saturated heterocycles. The number of carbonyl (C=O) groups is 1. The van der Waals surface area contributed by atoms with Crippen molar-refractivity contribution in [3.8, 4) is 17.6 Å². The minimum absolute atomic E-state index is 0.201. The lowest BCUT2D eigenvalue weighted by atomic mass is 9.97. The van der Waals surface area contributed by atoms with Gasteiger partial charge in [-0.15, -0.1) is 0 Å². The number of halogens is 3. The molecule has 1 aliphatic rings. The highest BCUT2D eigenvalue weighted by molar-refractivity contribution is 9.10. The predicted molar refractivity (Wildman–Crippen MR) is 110 cm³/mol. The standard InChI is InChI=1S/C22H21BrF2O4/c1-2-28-20(21(26)27)14-16-8-9-19(18(23)13-16)29-12-5-3-4-10-22(25)11-6-7-17(24)15-22/h3,5-9,11,13,20H,2,12,14-15H2,1H3,(H,26,27)/t20-,22?/m0/s1. The van der Waals surface area contributed by atoms with Crippen LogP contribution in [0.2, 0.25) is 0 Å². The van der Waals surface area contributed by atoms with Crippen molar-refractivity contribution in [2.45, 2.75) is 31.5 Å². The van der Waals surface area contributed by atoms with Gasteiger partial charge >= 0.3 is 5.97 Å². The molecule has 29 heavy (non-hydrogen) atoms. The maximum absolute atomic E-state index is 14.2. The van der Waals surface area contributed by atoms with Crippen LogP contribution in [-0.4, -0.2) is 36.1 Å². The maximum atomic E-state index is 14.2. The molecule has 1 N–H and O–H groups in total. The van der Waals surface area contributed by atoms with Crippen LogP contribution in [0.3, 0.4) is 0 Å². The number of hydrogen-bond donors (Lipinski definition) is 1. The smallest absolute Gasteiger partial charge is 0.333 e. The third kappa shape index (κ3) is 7.48. The molecule has 0 radical (unpaired) electrons. The summed E-state index contributed by atoms with van der Waals surface area (Å²) in [7, 11) is 0. The van der Waals surface area contributed by atoms with Crippen LogP contribution >= 0.6 is 15.9 Å². The van der Waals surface area contributed by atoms with Crippen LogP contribution in [0, 0.1) is 11.8 Å². The molecule has 1 unspecified atom stereocenters. The summed E-state index contributed by atoms with van der Waals surface area (Å²) >= 11 is 3.40. The van der Waals surface area contributed by atoms with E-state index in [0.29, 0.717) is 16.8 Å². The number of alkyl halides is 1. The SMILES string of the molecule is CCO[C@@H](Cc1ccc(OCC=CC#CC2(F)C=CC=C(F)C2)c(Br)c1)C(=O)O. The number of hydrogen-bond acceptors (Lipinski definition) is 3. The molecule has 1 aromatic carbocycles. The summed E-state index contributed by atoms with van der Waals surface area (Å²) in [6.45, 7) is 2.27. The molecule has 2 atom stereocenters. The fourth-order valence-electron chi connectivity index (χ4n) is 2.58. The fourth-order valence-corrected chi connectivity index (χ4v) is 3.12. The van der Waals surface area contributed by atoms with E-state index in [9.17, 15) is 13.6 Å². The van der Waals surface area contributed by atoms with Crippen molar-refractivity contribution in [3.63, 3.8) is 0 Å². The van der Waals surface area contributed by atoms with Crippen LogP contribution in [0.1, 0.15) is 18.9 Å². The van der Waals surface area contributed by atoms with Gasteiger partial charge in [0, 0.05) is 19.4 Å². The molecule has 0 amide bonds. The Bertz CT molecular complexity index is 883. The lowest BCUT2D eigenvalue weighted by Crippen LogP contribution is -2.26. The van der Waals surface area contributed by atoms with Gasteiger partial charge in [-0.3, -0.25) is 0 Å². The van der Waals surface area contributed by atoms with Gasteiger partial charge in [0.15, 0.2) is 11.8 Å². The quantitative estimate of drug-likeness (QED) is 0.551. The number of carboxylic acids is 1. The highest BCUT2D eigenvalue weighted by atomic mass is 79.9. The second-order valence-corrected chi connectivity index (χ2v) is 7.10. The Kier molecular flexibility index (Phi) is 8.62. The first-order valence-corrected chi connectivity index (χ1v) is 9.78. The first kappa shape index (κ1) is 22.9. The van der Waals surface area contributed by atoms with Crippen LogP contribution < -0.4 is 4.74 Å². The lowest BCUT2D eigenvalue weighted by Gasteiger charge is -2.15. The monoisotopic (exact) mass is 466 g/mol. The van der Waals surface area contributed by atoms with E-state index in [1.165, 1.54) is 24.3 Å². The van der Waals surface area contributed by atoms with E-state index in [2.05, 4.69) is 27.8 Å². The molecule has 0 bridgehead atoms. The zero-order valence-electron chi connectivity index (χ0n) is 15.8. The molecule has 1 aromatic rings. The lowest BCUT2D eigenvalue weighted by molar-refractivity contribution is -0.149. The Balaban J connectivity index is 1.88. The molecule has 0 aliphatic heterocycles. The molecule has 0 saturated carbocycles. The van der Waals surface area contributed by atoms with Crippen molar-refractivity contribution in [2.24, 2.45) is 0 Å². The van der Waals surface area contributed by atoms with Gasteiger partial charge in [-0.1, -0.05) is 24.0 Å². The summed E-state index contributed by atoms with van der Waals surface area (Å²) in [6, 6.07) is 5.27. The molecule has 0 spiro atoms. The Labute approximate surface area is 177 Å². The van der Waals surface area contributed by atoms with E-state index in [0.717, 1.165) is 5.56 Å². The van der Waals surface area contributed by atoms with Gasteiger partial charge in [0.2, 0.25) is 0 Å². The Hall–Kier alpha value is -2.43. The van der Waals surface area contributed by atoms with Gasteiger partial charge in [-0.25, -0.2) is 13.6 Å². The fraction of sp³-hybridized carbons (Fsp3) is 0.318. The highest BCUT2D eigenvalue weighted by Gasteiger charge is 2.27. The summed E-state index contributed by atoms with van der Waals surface area (Å²) < 4.78 is 38.8. The Morgan fingerprint density at radius 1 is 1.48 bits per heavy atom. The van der Waals surface area contributed by atoms with Gasteiger partial charge < -0.3 is 14.6 Å². The average molecular weight is 467 g/mol. The summed E-state index contributed by atoms with van der Waals surface area (Å²) in [5.74, 6) is 3.97. The van der Waals surface area contributed by atoms with Crippen molar-refractivity contribution in [3.05, 3.63) is 64.4 Å². The third-order valence-corrected chi connectivity index (χ3v) is 4.56. The summed E-state index contributed by atoms with van der Waals surface area (Å²) in [5.41, 5.74) is -1.19. The van der Waals surface area contributed by atoms with Gasteiger partial charge in [0.05, 0.1) is 4.47 Å². The largest absolute Gasteiger partial charge is 0.488 e. The summed E-state index contributed by atoms with van der Waals surface area (Å²) in [6.07, 6.45) is 5.78. The van der Waals surface area contributed by atoms with Gasteiger partial charge in [-0.05, 0) is 64.9 Å². The van der Waals surface area contributed by atoms with Crippen molar-refractivity contribution >= 4 is 21.9 Å². The minimum Gasteiger partial charge on any atom is -0.488 e. The van der Waals surface area contributed by atoms with E-state index < -0.39 is 23.6 Å². The van der Waals surface area contributed by atoms with Crippen LogP contribution in [0.5, 0.6) is 5.75 Å². The van der Waals surface area contributed by atoms with E-state index in [4.69, 9.17) is 14.6 Å². The topological polar surface area (TPSA) is 55.8 Å². The second kappa shape index (κ2) is 10.9. The summed E-state index contributed by atoms with van der Waals surface area (Å²) in [4.78, 5) is 11.2. The molecule has 0 heterocycles. The first-order chi connectivity index (χ1) is 13.8. The van der Waals surface area contributed by atoms with Crippen LogP contribution in [0.25, 0.3) is 0 Å². The van der Waals surface area contributed by atoms with Crippen LogP contribution in [0.15, 0.2) is 58.9 Å². The molecule has 7 heteroatoms. The third-order valence-electron chi connectivity index (χ3n) is 3.94. The molecule has 1 aliphatic carbocycles. The number of benzene rings is 1. The van der Waals surface area contributed by atoms with E-state index >= 15 is 0 Å². The predicted octanol–water partition coefficient (Wildman–Crippen LogP) is 4.94. The van der Waals surface area contributed by atoms with Crippen molar-refractivity contribution in [1.82, 2.24) is 0 Å². The van der Waals surface area contributed by atoms with Gasteiger partial charge in [0.25, 0.3) is 0 Å². The number of rotatable bonds is 8. The van der Waals surface area contributed by atoms with E-state index in [-0.39, 0.29) is 19.4 Å². The Morgan fingerprint density at radius 2 is 2.28 bits per heavy atom. The Morgan fingerprint density at radius 3 is 2.93 bits per heavy atom. The molecule has 0 aromatic heterocycles. The molecular formula is C22H21BrF2O4. The maximum Gasteiger partial charge on any atom is 0.333 e. The first-order valence-electron chi connectivity index (χ1n) is 8.99. The molecule has 0 fully saturated rings. The zero-order chi connectivity index (χ0) is 21.3. The van der Waals surface area contributed by atoms with E-state index in [1.807, 2.05) is 0 Å². The average Bonchev–Trinajstić information content (AvgIpc) is 2.65. The van der Waals surface area contributed by atoms with Gasteiger partial charge in [0.1, 0.15) is 18.2 Å². The highest BCUT2D eigenvalue weighted by Crippen LogP contribution is 2.28. The van der Waals surface area contributed by atoms with Gasteiger partial charge in [-0.2, -0.15) is 0 Å². The zero-order valence-corrected chi connectivity index (χ0v) is 17.4. The van der Waals surface area contributed by atoms with E-state index in [1.54, 1.807) is 31.2 Å². The molecule has 4 nitrogen and oxygen atoms in total. The number of aliphatic carboxylic acids is 1. The normalized spacial score (nSPS) is 19.4. The molecule has 2 rings (SSSR count). The minimum atomic E-state index is -1.99. The van der Waals surface area contributed by atoms with Crippen LogP contribution in [-0.2, 0) is 16.0 Å². The van der Waals surface area contributed by atoms with Crippen molar-refractivity contribution < 1.29 is 28.2 Å². The van der Waals surface area contributed by atoms with Crippen molar-refractivity contribution in [2.75, 3.05) is 13.2 Å². The number of ether oxygens (including phenoxy) is 2.